The molecule has 0 spiro atoms. The quantitative estimate of drug-likeness (QED) is 0.769. The molecule has 5 heteroatoms. The van der Waals surface area contributed by atoms with Crippen molar-refractivity contribution in [2.24, 2.45) is 11.0 Å². The van der Waals surface area contributed by atoms with Crippen LogP contribution >= 0.6 is 0 Å². The Hall–Kier alpha value is -1.65. The zero-order chi connectivity index (χ0) is 12.3. The average Bonchev–Trinajstić information content (AvgIpc) is 2.27. The Morgan fingerprint density at radius 3 is 3.06 bits per heavy atom. The summed E-state index contributed by atoms with van der Waals surface area (Å²) in [7, 11) is 0. The van der Waals surface area contributed by atoms with Gasteiger partial charge in [0, 0.05) is 17.5 Å². The number of hydrogen-bond acceptors (Lipinski definition) is 4. The minimum absolute atomic E-state index is 0.156. The smallest absolute Gasteiger partial charge is 0.252 e. The number of aryl methyl sites for hydroxylation is 1. The van der Waals surface area contributed by atoms with Crippen molar-refractivity contribution in [3.05, 3.63) is 22.1 Å². The first-order valence-corrected chi connectivity index (χ1v) is 6.05. The zero-order valence-electron chi connectivity index (χ0n) is 10.3. The van der Waals surface area contributed by atoms with Gasteiger partial charge in [-0.2, -0.15) is 5.10 Å². The van der Waals surface area contributed by atoms with Gasteiger partial charge in [-0.25, -0.2) is 10.4 Å². The van der Waals surface area contributed by atoms with E-state index >= 15 is 0 Å². The maximum atomic E-state index is 11.2. The molecular weight excluding hydrogens is 216 g/mol. The maximum absolute atomic E-state index is 11.2. The lowest BCUT2D eigenvalue weighted by Crippen LogP contribution is -2.18. The van der Waals surface area contributed by atoms with Crippen LogP contribution in [0.15, 0.2) is 16.0 Å². The van der Waals surface area contributed by atoms with Gasteiger partial charge in [0.05, 0.1) is 0 Å². The second-order valence-corrected chi connectivity index (χ2v) is 4.60. The molecule has 1 saturated carbocycles. The molecule has 0 unspecified atom stereocenters. The van der Waals surface area contributed by atoms with Crippen molar-refractivity contribution in [3.8, 4) is 0 Å². The highest BCUT2D eigenvalue weighted by Gasteiger charge is 2.15. The van der Waals surface area contributed by atoms with E-state index < -0.39 is 0 Å². The van der Waals surface area contributed by atoms with E-state index in [1.165, 1.54) is 31.0 Å². The number of nitrogens with one attached hydrogen (secondary N) is 2. The van der Waals surface area contributed by atoms with Gasteiger partial charge in [-0.05, 0) is 32.1 Å². The standard InChI is InChI=1S/C12H18N4O/c1-8-5-3-4-6-10(8)15-16-12-13-9(2)7-11(17)14-12/h7-8H,3-6H2,1-2H3,(H2,13,14,16,17)/t8-/m1/s1. The van der Waals surface area contributed by atoms with Crippen LogP contribution in [0.25, 0.3) is 0 Å². The number of nitrogens with zero attached hydrogens (tertiary/aromatic N) is 2. The second-order valence-electron chi connectivity index (χ2n) is 4.60. The molecule has 1 aromatic heterocycles. The fourth-order valence-corrected chi connectivity index (χ4v) is 2.09. The number of hydrogen-bond donors (Lipinski definition) is 2. The molecule has 2 N–H and O–H groups in total. The Morgan fingerprint density at radius 1 is 1.53 bits per heavy atom. The summed E-state index contributed by atoms with van der Waals surface area (Å²) in [6.45, 7) is 3.98. The van der Waals surface area contributed by atoms with Crippen LogP contribution in [0.3, 0.4) is 0 Å². The van der Waals surface area contributed by atoms with Crippen molar-refractivity contribution in [2.75, 3.05) is 5.43 Å². The van der Waals surface area contributed by atoms with Crippen molar-refractivity contribution in [1.82, 2.24) is 9.97 Å². The molecule has 1 atom stereocenters. The van der Waals surface area contributed by atoms with Crippen molar-refractivity contribution in [1.29, 1.82) is 0 Å². The summed E-state index contributed by atoms with van der Waals surface area (Å²) in [6, 6.07) is 1.46. The van der Waals surface area contributed by atoms with Gasteiger partial charge < -0.3 is 0 Å². The first-order valence-electron chi connectivity index (χ1n) is 6.05. The largest absolute Gasteiger partial charge is 0.291 e. The molecule has 0 amide bonds. The van der Waals surface area contributed by atoms with Crippen LogP contribution in [0.1, 0.15) is 38.3 Å². The molecule has 1 aromatic rings. The molecule has 0 aromatic carbocycles. The normalized spacial score (nSPS) is 22.7. The fraction of sp³-hybridized carbons (Fsp3) is 0.583. The minimum atomic E-state index is -0.156. The number of rotatable bonds is 2. The number of hydrazone groups is 1. The van der Waals surface area contributed by atoms with Crippen LogP contribution in [0.5, 0.6) is 0 Å². The summed E-state index contributed by atoms with van der Waals surface area (Å²) >= 11 is 0. The molecule has 1 aliphatic rings. The average molecular weight is 234 g/mol. The fourth-order valence-electron chi connectivity index (χ4n) is 2.09. The van der Waals surface area contributed by atoms with Gasteiger partial charge in [-0.15, -0.1) is 0 Å². The third kappa shape index (κ3) is 3.15. The molecule has 17 heavy (non-hydrogen) atoms. The second kappa shape index (κ2) is 5.12. The van der Waals surface area contributed by atoms with Crippen molar-refractivity contribution < 1.29 is 0 Å². The van der Waals surface area contributed by atoms with Crippen LogP contribution in [0.4, 0.5) is 5.95 Å². The van der Waals surface area contributed by atoms with Crippen molar-refractivity contribution in [2.45, 2.75) is 39.5 Å². The molecular formula is C12H18N4O. The Morgan fingerprint density at radius 2 is 2.35 bits per heavy atom. The van der Waals surface area contributed by atoms with E-state index in [9.17, 15) is 4.79 Å². The lowest BCUT2D eigenvalue weighted by Gasteiger charge is -2.19. The third-order valence-corrected chi connectivity index (χ3v) is 3.06. The predicted molar refractivity (Wildman–Crippen MR) is 68.3 cm³/mol. The number of aromatic amines is 1. The first kappa shape index (κ1) is 11.8. The van der Waals surface area contributed by atoms with Gasteiger partial charge in [0.2, 0.25) is 5.95 Å². The predicted octanol–water partition coefficient (Wildman–Crippen LogP) is 2.06. The summed E-state index contributed by atoms with van der Waals surface area (Å²) < 4.78 is 0. The van der Waals surface area contributed by atoms with E-state index in [1.807, 2.05) is 0 Å². The van der Waals surface area contributed by atoms with E-state index in [0.29, 0.717) is 17.6 Å². The van der Waals surface area contributed by atoms with Crippen LogP contribution in [0, 0.1) is 12.8 Å². The van der Waals surface area contributed by atoms with Crippen molar-refractivity contribution >= 4 is 11.7 Å². The van der Waals surface area contributed by atoms with Crippen molar-refractivity contribution in [3.63, 3.8) is 0 Å². The van der Waals surface area contributed by atoms with E-state index in [1.54, 1.807) is 6.92 Å². The number of H-pyrrole nitrogens is 1. The Balaban J connectivity index is 2.10. The maximum Gasteiger partial charge on any atom is 0.252 e. The summed E-state index contributed by atoms with van der Waals surface area (Å²) in [4.78, 5) is 18.0. The molecule has 0 saturated heterocycles. The highest BCUT2D eigenvalue weighted by Crippen LogP contribution is 2.21. The lowest BCUT2D eigenvalue weighted by atomic mass is 9.89. The highest BCUT2D eigenvalue weighted by molar-refractivity contribution is 5.87. The van der Waals surface area contributed by atoms with Gasteiger partial charge in [0.1, 0.15) is 0 Å². The van der Waals surface area contributed by atoms with Gasteiger partial charge in [-0.3, -0.25) is 9.78 Å². The summed E-state index contributed by atoms with van der Waals surface area (Å²) in [5.41, 5.74) is 4.55. The van der Waals surface area contributed by atoms with Crippen LogP contribution in [-0.4, -0.2) is 15.7 Å². The lowest BCUT2D eigenvalue weighted by molar-refractivity contribution is 0.558. The first-order chi connectivity index (χ1) is 8.15. The van der Waals surface area contributed by atoms with Gasteiger partial charge >= 0.3 is 0 Å². The molecule has 92 valence electrons. The van der Waals surface area contributed by atoms with Crippen LogP contribution in [0.2, 0.25) is 0 Å². The summed E-state index contributed by atoms with van der Waals surface area (Å²) in [6.07, 6.45) is 4.70. The Labute approximate surface area is 100 Å². The van der Waals surface area contributed by atoms with E-state index in [2.05, 4.69) is 27.4 Å². The molecule has 0 aliphatic heterocycles. The van der Waals surface area contributed by atoms with Gasteiger partial charge in [0.25, 0.3) is 5.56 Å². The SMILES string of the molecule is Cc1cc(=O)[nH]c(NN=C2CCCC[C@H]2C)n1. The molecule has 1 fully saturated rings. The summed E-state index contributed by atoms with van der Waals surface area (Å²) in [5, 5.41) is 4.35. The molecule has 2 rings (SSSR count). The van der Waals surface area contributed by atoms with Crippen LogP contribution in [-0.2, 0) is 0 Å². The van der Waals surface area contributed by atoms with E-state index in [-0.39, 0.29) is 5.56 Å². The topological polar surface area (TPSA) is 70.1 Å². The van der Waals surface area contributed by atoms with Crippen LogP contribution < -0.4 is 11.0 Å². The van der Waals surface area contributed by atoms with Gasteiger partial charge in [-0.1, -0.05) is 13.3 Å². The molecule has 1 aliphatic carbocycles. The molecule has 0 bridgehead atoms. The van der Waals surface area contributed by atoms with E-state index in [0.717, 1.165) is 6.42 Å². The Bertz CT molecular complexity index is 478. The highest BCUT2D eigenvalue weighted by atomic mass is 16.1. The monoisotopic (exact) mass is 234 g/mol. The number of aromatic nitrogens is 2. The van der Waals surface area contributed by atoms with Gasteiger partial charge in [0.15, 0.2) is 0 Å². The zero-order valence-corrected chi connectivity index (χ0v) is 10.3. The molecule has 0 radical (unpaired) electrons. The molecule has 1 heterocycles. The number of anilines is 1. The summed E-state index contributed by atoms with van der Waals surface area (Å²) in [5.74, 6) is 0.938. The minimum Gasteiger partial charge on any atom is -0.291 e. The Kier molecular flexibility index (Phi) is 3.56. The van der Waals surface area contributed by atoms with E-state index in [4.69, 9.17) is 0 Å². The molecule has 5 nitrogen and oxygen atoms in total. The third-order valence-electron chi connectivity index (χ3n) is 3.06.